The monoisotopic (exact) mass is 565 g/mol. The number of hydrogen-bond acceptors (Lipinski definition) is 7. The number of nitrogens with zero attached hydrogens (tertiary/aromatic N) is 4. The van der Waals surface area contributed by atoms with Crippen LogP contribution in [0.5, 0.6) is 0 Å². The molecule has 0 radical (unpaired) electrons. The second-order valence-corrected chi connectivity index (χ2v) is 8.86. The Morgan fingerprint density at radius 1 is 1.03 bits per heavy atom. The molecule has 0 spiro atoms. The number of benzene rings is 1. The van der Waals surface area contributed by atoms with E-state index in [2.05, 4.69) is 15.2 Å². The molecular weight excluding hydrogens is 546 g/mol. The largest absolute Gasteiger partial charge is 0.426 e. The predicted molar refractivity (Wildman–Crippen MR) is 116 cm³/mol. The Morgan fingerprint density at radius 3 is 2.38 bits per heavy atom. The molecule has 2 aromatic heterocycles. The van der Waals surface area contributed by atoms with E-state index in [1.54, 1.807) is 0 Å². The number of nitrogen functional groups attached to an aromatic ring is 1. The van der Waals surface area contributed by atoms with Crippen molar-refractivity contribution in [2.45, 2.75) is 50.2 Å². The van der Waals surface area contributed by atoms with Crippen LogP contribution in [-0.4, -0.2) is 43.8 Å². The third kappa shape index (κ3) is 5.51. The summed E-state index contributed by atoms with van der Waals surface area (Å²) in [6, 6.07) is 2.74. The number of alkyl halides is 6. The van der Waals surface area contributed by atoms with Crippen LogP contribution >= 0.6 is 0 Å². The van der Waals surface area contributed by atoms with Gasteiger partial charge in [0.2, 0.25) is 5.60 Å². The molecule has 3 aromatic rings. The molecule has 16 heteroatoms. The van der Waals surface area contributed by atoms with Crippen LogP contribution in [0.25, 0.3) is 11.6 Å². The molecule has 4 rings (SSSR count). The third-order valence-corrected chi connectivity index (χ3v) is 6.14. The fourth-order valence-corrected chi connectivity index (χ4v) is 4.05. The second-order valence-electron chi connectivity index (χ2n) is 8.86. The Kier molecular flexibility index (Phi) is 7.27. The summed E-state index contributed by atoms with van der Waals surface area (Å²) in [7, 11) is 0. The highest BCUT2D eigenvalue weighted by atomic mass is 19.4. The van der Waals surface area contributed by atoms with Crippen LogP contribution < -0.4 is 5.73 Å². The molecule has 1 amide bonds. The summed E-state index contributed by atoms with van der Waals surface area (Å²) in [6.45, 7) is -0.946. The molecule has 0 saturated carbocycles. The first-order valence-corrected chi connectivity index (χ1v) is 11.4. The lowest BCUT2D eigenvalue weighted by molar-refractivity contribution is -0.277. The zero-order chi connectivity index (χ0) is 28.8. The number of pyridine rings is 1. The number of fused-ring (bicyclic) bond motifs is 5. The van der Waals surface area contributed by atoms with Crippen molar-refractivity contribution >= 4 is 11.6 Å². The van der Waals surface area contributed by atoms with Gasteiger partial charge in [-0.15, -0.1) is 10.2 Å². The van der Waals surface area contributed by atoms with E-state index in [0.717, 1.165) is 17.0 Å². The van der Waals surface area contributed by atoms with Gasteiger partial charge < -0.3 is 20.2 Å². The summed E-state index contributed by atoms with van der Waals surface area (Å²) in [5, 5.41) is 17.0. The standard InChI is InChI=1S/C23H19F8N5O3/c24-12-5-4-11(14(25)8-12)10-36-7-3-1-2-6-21(38,23(29,30)31)20-35-34-18(39-20)17-15(32)9-13(22(26,27)28)16(33-17)19(36)37/h4-5,8-9,38H,1-3,6-7,10,32H2/t21-/m1/s1. The van der Waals surface area contributed by atoms with Crippen molar-refractivity contribution in [1.29, 1.82) is 0 Å². The molecule has 1 atom stereocenters. The molecule has 0 unspecified atom stereocenters. The van der Waals surface area contributed by atoms with E-state index in [0.29, 0.717) is 12.1 Å². The highest BCUT2D eigenvalue weighted by Gasteiger charge is 2.58. The van der Waals surface area contributed by atoms with Gasteiger partial charge in [0.25, 0.3) is 17.7 Å². The summed E-state index contributed by atoms with van der Waals surface area (Å²) in [5.41, 5.74) is -2.42. The average molecular weight is 565 g/mol. The Balaban J connectivity index is 1.88. The number of amides is 1. The Bertz CT molecular complexity index is 1390. The fourth-order valence-electron chi connectivity index (χ4n) is 4.05. The van der Waals surface area contributed by atoms with Gasteiger partial charge in [-0.25, -0.2) is 13.8 Å². The van der Waals surface area contributed by atoms with Crippen molar-refractivity contribution in [2.75, 3.05) is 12.3 Å². The summed E-state index contributed by atoms with van der Waals surface area (Å²) < 4.78 is 116. The number of halogens is 8. The Morgan fingerprint density at radius 2 is 1.74 bits per heavy atom. The van der Waals surface area contributed by atoms with Gasteiger partial charge >= 0.3 is 12.4 Å². The zero-order valence-electron chi connectivity index (χ0n) is 19.7. The minimum Gasteiger partial charge on any atom is -0.416 e. The number of carbonyl (C=O) groups excluding carboxylic acids is 1. The minimum atomic E-state index is -5.26. The van der Waals surface area contributed by atoms with Crippen molar-refractivity contribution in [1.82, 2.24) is 20.1 Å². The molecule has 210 valence electrons. The number of nitrogens with two attached hydrogens (primary N) is 1. The smallest absolute Gasteiger partial charge is 0.416 e. The molecule has 1 aliphatic rings. The summed E-state index contributed by atoms with van der Waals surface area (Å²) in [4.78, 5) is 17.9. The molecule has 0 fully saturated rings. The summed E-state index contributed by atoms with van der Waals surface area (Å²) >= 11 is 0. The van der Waals surface area contributed by atoms with Crippen molar-refractivity contribution in [3.63, 3.8) is 0 Å². The minimum absolute atomic E-state index is 0.0401. The number of rotatable bonds is 2. The maximum atomic E-state index is 14.3. The zero-order valence-corrected chi connectivity index (χ0v) is 19.7. The molecule has 4 bridgehead atoms. The molecule has 39 heavy (non-hydrogen) atoms. The quantitative estimate of drug-likeness (QED) is 0.421. The highest BCUT2D eigenvalue weighted by molar-refractivity contribution is 5.95. The molecular formula is C23H19F8N5O3. The Hall–Kier alpha value is -3.82. The van der Waals surface area contributed by atoms with Crippen molar-refractivity contribution in [3.8, 4) is 11.6 Å². The normalized spacial score (nSPS) is 19.2. The molecule has 3 heterocycles. The number of hydrogen-bond donors (Lipinski definition) is 2. The highest BCUT2D eigenvalue weighted by Crippen LogP contribution is 2.43. The van der Waals surface area contributed by atoms with E-state index < -0.39 is 82.9 Å². The van der Waals surface area contributed by atoms with E-state index >= 15 is 0 Å². The van der Waals surface area contributed by atoms with Crippen LogP contribution in [-0.2, 0) is 18.3 Å². The van der Waals surface area contributed by atoms with Gasteiger partial charge in [0, 0.05) is 24.7 Å². The van der Waals surface area contributed by atoms with Crippen molar-refractivity contribution in [2.24, 2.45) is 0 Å². The molecule has 3 N–H and O–H groups in total. The first kappa shape index (κ1) is 28.2. The van der Waals surface area contributed by atoms with E-state index in [-0.39, 0.29) is 31.4 Å². The number of aliphatic hydroxyl groups is 1. The van der Waals surface area contributed by atoms with Crippen LogP contribution in [0.4, 0.5) is 40.8 Å². The van der Waals surface area contributed by atoms with Gasteiger partial charge in [-0.3, -0.25) is 4.79 Å². The van der Waals surface area contributed by atoms with Gasteiger partial charge in [0.15, 0.2) is 5.69 Å². The second kappa shape index (κ2) is 10.1. The van der Waals surface area contributed by atoms with Gasteiger partial charge in [-0.05, 0) is 31.4 Å². The summed E-state index contributed by atoms with van der Waals surface area (Å²) in [6.07, 6.45) is -11.7. The van der Waals surface area contributed by atoms with Crippen LogP contribution in [0, 0.1) is 11.6 Å². The molecule has 0 saturated heterocycles. The first-order valence-electron chi connectivity index (χ1n) is 11.4. The van der Waals surface area contributed by atoms with Crippen LogP contribution in [0.2, 0.25) is 0 Å². The van der Waals surface area contributed by atoms with Gasteiger partial charge in [0.05, 0.1) is 11.3 Å². The molecule has 1 aliphatic heterocycles. The molecule has 8 nitrogen and oxygen atoms in total. The van der Waals surface area contributed by atoms with E-state index in [4.69, 9.17) is 10.2 Å². The maximum absolute atomic E-state index is 14.3. The number of aromatic nitrogens is 3. The van der Waals surface area contributed by atoms with Crippen LogP contribution in [0.15, 0.2) is 28.7 Å². The first-order chi connectivity index (χ1) is 18.1. The lowest BCUT2D eigenvalue weighted by atomic mass is 9.95. The summed E-state index contributed by atoms with van der Waals surface area (Å²) in [5.74, 6) is -5.46. The maximum Gasteiger partial charge on any atom is 0.426 e. The molecule has 0 aliphatic carbocycles. The van der Waals surface area contributed by atoms with Crippen molar-refractivity contribution in [3.05, 3.63) is 58.6 Å². The van der Waals surface area contributed by atoms with Gasteiger partial charge in [0.1, 0.15) is 17.3 Å². The lowest BCUT2D eigenvalue weighted by Crippen LogP contribution is -2.42. The van der Waals surface area contributed by atoms with E-state index in [9.17, 15) is 45.0 Å². The SMILES string of the molecule is Nc1cc(C(F)(F)F)c2nc1-c1nnc(o1)[C@@](O)(C(F)(F)F)CCCCCN(Cc1ccc(F)cc1F)C2=O. The van der Waals surface area contributed by atoms with E-state index in [1.807, 2.05) is 0 Å². The fraction of sp³-hybridized carbons (Fsp3) is 0.391. The van der Waals surface area contributed by atoms with Gasteiger partial charge in [-0.1, -0.05) is 12.5 Å². The third-order valence-electron chi connectivity index (χ3n) is 6.14. The Labute approximate surface area is 214 Å². The van der Waals surface area contributed by atoms with Crippen LogP contribution in [0.1, 0.15) is 53.2 Å². The van der Waals surface area contributed by atoms with Crippen LogP contribution in [0.3, 0.4) is 0 Å². The number of carbonyl (C=O) groups is 1. The lowest BCUT2D eigenvalue weighted by Gasteiger charge is -2.27. The average Bonchev–Trinajstić information content (AvgIpc) is 3.32. The predicted octanol–water partition coefficient (Wildman–Crippen LogP) is 4.98. The molecule has 1 aromatic carbocycles. The van der Waals surface area contributed by atoms with E-state index in [1.165, 1.54) is 0 Å². The van der Waals surface area contributed by atoms with Crippen molar-refractivity contribution < 1.29 is 49.4 Å². The number of anilines is 1. The topological polar surface area (TPSA) is 118 Å². The van der Waals surface area contributed by atoms with Gasteiger partial charge in [-0.2, -0.15) is 26.3 Å².